The van der Waals surface area contributed by atoms with Gasteiger partial charge in [-0.2, -0.15) is 0 Å². The van der Waals surface area contributed by atoms with Crippen LogP contribution in [0, 0.1) is 0 Å². The molecular formula is C13H16Cl2N2O2. The van der Waals surface area contributed by atoms with Gasteiger partial charge in [-0.15, -0.1) is 0 Å². The summed E-state index contributed by atoms with van der Waals surface area (Å²) in [7, 11) is 0. The smallest absolute Gasteiger partial charge is 0.254 e. The Morgan fingerprint density at radius 3 is 2.58 bits per heavy atom. The summed E-state index contributed by atoms with van der Waals surface area (Å²) in [4.78, 5) is 16.1. The minimum atomic E-state index is -0.529. The molecule has 1 saturated carbocycles. The van der Waals surface area contributed by atoms with Crippen LogP contribution in [0.2, 0.25) is 10.3 Å². The van der Waals surface area contributed by atoms with Crippen LogP contribution >= 0.6 is 23.2 Å². The number of amides is 1. The van der Waals surface area contributed by atoms with Gasteiger partial charge in [-0.05, 0) is 25.0 Å². The first-order chi connectivity index (χ1) is 9.06. The standard InChI is InChI=1S/C13H16Cl2N2O2/c14-10-5-4-9(11(15)16-10)12(19)17-13(8-18)6-2-1-3-7-13/h4-5,18H,1-3,6-8H2,(H,17,19). The van der Waals surface area contributed by atoms with Gasteiger partial charge in [0.25, 0.3) is 5.91 Å². The molecule has 0 radical (unpaired) electrons. The molecule has 1 aromatic rings. The van der Waals surface area contributed by atoms with Crippen LogP contribution in [-0.2, 0) is 0 Å². The van der Waals surface area contributed by atoms with E-state index in [4.69, 9.17) is 23.2 Å². The molecule has 104 valence electrons. The van der Waals surface area contributed by atoms with Crippen LogP contribution < -0.4 is 5.32 Å². The number of hydrogen-bond acceptors (Lipinski definition) is 3. The van der Waals surface area contributed by atoms with E-state index in [-0.39, 0.29) is 28.4 Å². The Bertz CT molecular complexity index is 474. The highest BCUT2D eigenvalue weighted by atomic mass is 35.5. The molecule has 1 amide bonds. The summed E-state index contributed by atoms with van der Waals surface area (Å²) in [6.45, 7) is -0.0582. The van der Waals surface area contributed by atoms with Crippen molar-refractivity contribution in [3.05, 3.63) is 28.0 Å². The average Bonchev–Trinajstić information content (AvgIpc) is 2.39. The molecule has 0 unspecified atom stereocenters. The molecule has 0 aliphatic heterocycles. The first-order valence-corrected chi connectivity index (χ1v) is 7.07. The van der Waals surface area contributed by atoms with E-state index in [2.05, 4.69) is 10.3 Å². The fourth-order valence-electron chi connectivity index (χ4n) is 2.44. The Morgan fingerprint density at radius 1 is 1.32 bits per heavy atom. The Balaban J connectivity index is 2.15. The summed E-state index contributed by atoms with van der Waals surface area (Å²) < 4.78 is 0. The summed E-state index contributed by atoms with van der Waals surface area (Å²) in [6.07, 6.45) is 4.73. The van der Waals surface area contributed by atoms with Crippen molar-refractivity contribution in [2.75, 3.05) is 6.61 Å². The summed E-state index contributed by atoms with van der Waals surface area (Å²) in [5, 5.41) is 12.8. The van der Waals surface area contributed by atoms with Crippen LogP contribution in [0.1, 0.15) is 42.5 Å². The number of aromatic nitrogens is 1. The topological polar surface area (TPSA) is 62.2 Å². The highest BCUT2D eigenvalue weighted by Gasteiger charge is 2.33. The summed E-state index contributed by atoms with van der Waals surface area (Å²) in [5.41, 5.74) is -0.248. The minimum absolute atomic E-state index is 0.0582. The number of carbonyl (C=O) groups is 1. The lowest BCUT2D eigenvalue weighted by atomic mass is 9.82. The number of nitrogens with zero attached hydrogens (tertiary/aromatic N) is 1. The molecule has 19 heavy (non-hydrogen) atoms. The highest BCUT2D eigenvalue weighted by molar-refractivity contribution is 6.34. The monoisotopic (exact) mass is 302 g/mol. The Kier molecular flexibility index (Phi) is 4.66. The van der Waals surface area contributed by atoms with E-state index in [9.17, 15) is 9.90 Å². The predicted octanol–water partition coefficient (Wildman–Crippen LogP) is 2.81. The number of nitrogens with one attached hydrogen (secondary N) is 1. The van der Waals surface area contributed by atoms with Gasteiger partial charge in [0.2, 0.25) is 0 Å². The van der Waals surface area contributed by atoms with Crippen molar-refractivity contribution in [3.63, 3.8) is 0 Å². The molecule has 2 N–H and O–H groups in total. The van der Waals surface area contributed by atoms with Crippen LogP contribution in [0.15, 0.2) is 12.1 Å². The van der Waals surface area contributed by atoms with Gasteiger partial charge in [-0.3, -0.25) is 4.79 Å². The number of aliphatic hydroxyl groups excluding tert-OH is 1. The van der Waals surface area contributed by atoms with Crippen LogP contribution in [0.4, 0.5) is 0 Å². The molecule has 6 heteroatoms. The van der Waals surface area contributed by atoms with Crippen LogP contribution in [0.25, 0.3) is 0 Å². The van der Waals surface area contributed by atoms with Crippen molar-refractivity contribution in [2.45, 2.75) is 37.6 Å². The molecule has 0 saturated heterocycles. The van der Waals surface area contributed by atoms with E-state index < -0.39 is 5.54 Å². The number of carbonyl (C=O) groups excluding carboxylic acids is 1. The van der Waals surface area contributed by atoms with Gasteiger partial charge in [0.05, 0.1) is 17.7 Å². The van der Waals surface area contributed by atoms with E-state index in [1.165, 1.54) is 6.07 Å². The van der Waals surface area contributed by atoms with E-state index >= 15 is 0 Å². The number of halogens is 2. The molecule has 1 aromatic heterocycles. The quantitative estimate of drug-likeness (QED) is 0.844. The summed E-state index contributed by atoms with van der Waals surface area (Å²) in [5.74, 6) is -0.315. The van der Waals surface area contributed by atoms with E-state index in [0.29, 0.717) is 0 Å². The van der Waals surface area contributed by atoms with E-state index in [1.807, 2.05) is 0 Å². The Labute approximate surface area is 122 Å². The zero-order valence-electron chi connectivity index (χ0n) is 10.5. The highest BCUT2D eigenvalue weighted by Crippen LogP contribution is 2.28. The number of aliphatic hydroxyl groups is 1. The van der Waals surface area contributed by atoms with Gasteiger partial charge >= 0.3 is 0 Å². The normalized spacial score (nSPS) is 18.1. The largest absolute Gasteiger partial charge is 0.394 e. The molecule has 1 fully saturated rings. The Hall–Kier alpha value is -0.840. The molecule has 0 spiro atoms. The second-order valence-corrected chi connectivity index (χ2v) is 5.67. The number of hydrogen-bond donors (Lipinski definition) is 2. The lowest BCUT2D eigenvalue weighted by molar-refractivity contribution is 0.0758. The maximum atomic E-state index is 12.2. The van der Waals surface area contributed by atoms with Crippen molar-refractivity contribution < 1.29 is 9.90 Å². The van der Waals surface area contributed by atoms with E-state index in [0.717, 1.165) is 32.1 Å². The predicted molar refractivity (Wildman–Crippen MR) is 74.6 cm³/mol. The minimum Gasteiger partial charge on any atom is -0.394 e. The maximum Gasteiger partial charge on any atom is 0.254 e. The van der Waals surface area contributed by atoms with Gasteiger partial charge in [0.15, 0.2) is 0 Å². The summed E-state index contributed by atoms with van der Waals surface area (Å²) >= 11 is 11.6. The van der Waals surface area contributed by atoms with Gasteiger partial charge in [-0.25, -0.2) is 4.98 Å². The lowest BCUT2D eigenvalue weighted by Gasteiger charge is -2.36. The molecule has 4 nitrogen and oxygen atoms in total. The molecule has 0 aromatic carbocycles. The number of pyridine rings is 1. The molecule has 1 aliphatic carbocycles. The molecular weight excluding hydrogens is 287 g/mol. The van der Waals surface area contributed by atoms with Gasteiger partial charge in [0.1, 0.15) is 10.3 Å². The molecule has 1 heterocycles. The first kappa shape index (κ1) is 14.6. The van der Waals surface area contributed by atoms with Crippen molar-refractivity contribution in [3.8, 4) is 0 Å². The third kappa shape index (κ3) is 3.38. The van der Waals surface area contributed by atoms with Gasteiger partial charge in [-0.1, -0.05) is 42.5 Å². The van der Waals surface area contributed by atoms with Crippen molar-refractivity contribution in [1.29, 1.82) is 0 Å². The van der Waals surface area contributed by atoms with Crippen LogP contribution in [0.5, 0.6) is 0 Å². The average molecular weight is 303 g/mol. The van der Waals surface area contributed by atoms with Crippen molar-refractivity contribution >= 4 is 29.1 Å². The fourth-order valence-corrected chi connectivity index (χ4v) is 2.87. The second-order valence-electron chi connectivity index (χ2n) is 4.93. The SMILES string of the molecule is O=C(NC1(CO)CCCCC1)c1ccc(Cl)nc1Cl. The maximum absolute atomic E-state index is 12.2. The summed E-state index contributed by atoms with van der Waals surface area (Å²) in [6, 6.07) is 3.07. The third-order valence-corrected chi connectivity index (χ3v) is 4.05. The van der Waals surface area contributed by atoms with E-state index in [1.54, 1.807) is 6.07 Å². The zero-order valence-corrected chi connectivity index (χ0v) is 12.0. The lowest BCUT2D eigenvalue weighted by Crippen LogP contribution is -2.52. The van der Waals surface area contributed by atoms with Crippen LogP contribution in [0.3, 0.4) is 0 Å². The van der Waals surface area contributed by atoms with Crippen LogP contribution in [-0.4, -0.2) is 28.1 Å². The Morgan fingerprint density at radius 2 is 2.00 bits per heavy atom. The molecule has 1 aliphatic rings. The number of rotatable bonds is 3. The van der Waals surface area contributed by atoms with Crippen molar-refractivity contribution in [2.24, 2.45) is 0 Å². The zero-order chi connectivity index (χ0) is 13.9. The fraction of sp³-hybridized carbons (Fsp3) is 0.538. The third-order valence-electron chi connectivity index (χ3n) is 3.55. The molecule has 0 bridgehead atoms. The van der Waals surface area contributed by atoms with Gasteiger partial charge in [0, 0.05) is 0 Å². The first-order valence-electron chi connectivity index (χ1n) is 6.32. The molecule has 2 rings (SSSR count). The molecule has 0 atom stereocenters. The second kappa shape index (κ2) is 6.07. The van der Waals surface area contributed by atoms with Crippen molar-refractivity contribution in [1.82, 2.24) is 10.3 Å². The van der Waals surface area contributed by atoms with Gasteiger partial charge < -0.3 is 10.4 Å².